The van der Waals surface area contributed by atoms with Gasteiger partial charge in [-0.1, -0.05) is 25.0 Å². The van der Waals surface area contributed by atoms with Gasteiger partial charge in [0.2, 0.25) is 0 Å². The Bertz CT molecular complexity index is 335. The van der Waals surface area contributed by atoms with Crippen molar-refractivity contribution < 1.29 is 9.84 Å². The van der Waals surface area contributed by atoms with Gasteiger partial charge in [-0.25, -0.2) is 0 Å². The van der Waals surface area contributed by atoms with E-state index in [9.17, 15) is 5.11 Å². The number of aromatic hydroxyl groups is 1. The zero-order chi connectivity index (χ0) is 11.9. The Hall–Kier alpha value is -1.06. The van der Waals surface area contributed by atoms with Gasteiger partial charge in [0.15, 0.2) is 0 Å². The molecule has 0 radical (unpaired) electrons. The molecule has 2 rings (SSSR count). The van der Waals surface area contributed by atoms with E-state index in [1.165, 1.54) is 25.7 Å². The van der Waals surface area contributed by atoms with Gasteiger partial charge in [0.25, 0.3) is 0 Å². The van der Waals surface area contributed by atoms with E-state index < -0.39 is 0 Å². The minimum absolute atomic E-state index is 0.325. The van der Waals surface area contributed by atoms with Crippen LogP contribution in [-0.4, -0.2) is 24.4 Å². The summed E-state index contributed by atoms with van der Waals surface area (Å²) in [5.41, 5.74) is 1.10. The Kier molecular flexibility index (Phi) is 4.83. The average molecular weight is 235 g/mol. The van der Waals surface area contributed by atoms with Crippen LogP contribution in [0.1, 0.15) is 31.2 Å². The van der Waals surface area contributed by atoms with Gasteiger partial charge in [-0.2, -0.15) is 0 Å². The lowest BCUT2D eigenvalue weighted by Crippen LogP contribution is -2.21. The lowest BCUT2D eigenvalue weighted by atomic mass is 10.2. The van der Waals surface area contributed by atoms with Crippen LogP contribution < -0.4 is 5.32 Å². The molecule has 17 heavy (non-hydrogen) atoms. The van der Waals surface area contributed by atoms with E-state index in [0.29, 0.717) is 11.9 Å². The fraction of sp³-hybridized carbons (Fsp3) is 0.571. The van der Waals surface area contributed by atoms with Crippen LogP contribution in [0.15, 0.2) is 24.3 Å². The van der Waals surface area contributed by atoms with Crippen LogP contribution in [0.5, 0.6) is 5.75 Å². The van der Waals surface area contributed by atoms with Crippen molar-refractivity contribution in [3.8, 4) is 5.75 Å². The molecule has 1 aromatic carbocycles. The van der Waals surface area contributed by atoms with Gasteiger partial charge >= 0.3 is 0 Å². The van der Waals surface area contributed by atoms with E-state index >= 15 is 0 Å². The van der Waals surface area contributed by atoms with Crippen LogP contribution >= 0.6 is 0 Å². The van der Waals surface area contributed by atoms with E-state index in [2.05, 4.69) is 5.32 Å². The zero-order valence-electron chi connectivity index (χ0n) is 10.2. The molecule has 0 spiro atoms. The maximum absolute atomic E-state index is 9.31. The molecule has 3 heteroatoms. The van der Waals surface area contributed by atoms with Crippen molar-refractivity contribution >= 4 is 0 Å². The molecule has 0 saturated heterocycles. The van der Waals surface area contributed by atoms with E-state index in [1.807, 2.05) is 12.1 Å². The highest BCUT2D eigenvalue weighted by Crippen LogP contribution is 2.20. The standard InChI is InChI=1S/C14H21NO2/c16-13-5-3-4-12(10-13)11-15-8-9-17-14-6-1-2-7-14/h3-5,10,14-16H,1-2,6-9,11H2. The van der Waals surface area contributed by atoms with Crippen LogP contribution in [0.25, 0.3) is 0 Å². The molecule has 1 aliphatic carbocycles. The number of rotatable bonds is 6. The molecule has 1 saturated carbocycles. The van der Waals surface area contributed by atoms with Gasteiger partial charge in [-0.05, 0) is 30.5 Å². The summed E-state index contributed by atoms with van der Waals surface area (Å²) in [4.78, 5) is 0. The van der Waals surface area contributed by atoms with Crippen molar-refractivity contribution in [3.05, 3.63) is 29.8 Å². The highest BCUT2D eigenvalue weighted by molar-refractivity contribution is 5.26. The van der Waals surface area contributed by atoms with Crippen LogP contribution in [-0.2, 0) is 11.3 Å². The Balaban J connectivity index is 1.56. The quantitative estimate of drug-likeness (QED) is 0.744. The zero-order valence-corrected chi connectivity index (χ0v) is 10.2. The number of ether oxygens (including phenoxy) is 1. The minimum Gasteiger partial charge on any atom is -0.508 e. The molecule has 94 valence electrons. The molecular weight excluding hydrogens is 214 g/mol. The Morgan fingerprint density at radius 2 is 2.12 bits per heavy atom. The number of benzene rings is 1. The third-order valence-electron chi connectivity index (χ3n) is 3.17. The van der Waals surface area contributed by atoms with Crippen LogP contribution in [0.4, 0.5) is 0 Å². The second-order valence-corrected chi connectivity index (χ2v) is 4.62. The van der Waals surface area contributed by atoms with E-state index in [1.54, 1.807) is 12.1 Å². The van der Waals surface area contributed by atoms with Crippen molar-refractivity contribution in [2.45, 2.75) is 38.3 Å². The molecular formula is C14H21NO2. The number of phenols is 1. The van der Waals surface area contributed by atoms with Gasteiger partial charge in [0.05, 0.1) is 12.7 Å². The number of phenolic OH excluding ortho intramolecular Hbond substituents is 1. The average Bonchev–Trinajstić information content (AvgIpc) is 2.82. The van der Waals surface area contributed by atoms with Crippen molar-refractivity contribution in [2.24, 2.45) is 0 Å². The first-order valence-corrected chi connectivity index (χ1v) is 6.45. The smallest absolute Gasteiger partial charge is 0.115 e. The van der Waals surface area contributed by atoms with Gasteiger partial charge in [-0.15, -0.1) is 0 Å². The summed E-state index contributed by atoms with van der Waals surface area (Å²) in [6.07, 6.45) is 5.60. The summed E-state index contributed by atoms with van der Waals surface area (Å²) in [5.74, 6) is 0.325. The summed E-state index contributed by atoms with van der Waals surface area (Å²) >= 11 is 0. The Morgan fingerprint density at radius 1 is 1.29 bits per heavy atom. The van der Waals surface area contributed by atoms with Crippen LogP contribution in [0.3, 0.4) is 0 Å². The second kappa shape index (κ2) is 6.62. The number of nitrogens with one attached hydrogen (secondary N) is 1. The molecule has 0 heterocycles. The first kappa shape index (κ1) is 12.4. The lowest BCUT2D eigenvalue weighted by molar-refractivity contribution is 0.0603. The maximum Gasteiger partial charge on any atom is 0.115 e. The highest BCUT2D eigenvalue weighted by Gasteiger charge is 2.14. The van der Waals surface area contributed by atoms with Crippen LogP contribution in [0.2, 0.25) is 0 Å². The summed E-state index contributed by atoms with van der Waals surface area (Å²) in [6.45, 7) is 2.43. The van der Waals surface area contributed by atoms with Gasteiger partial charge in [-0.3, -0.25) is 0 Å². The second-order valence-electron chi connectivity index (χ2n) is 4.62. The topological polar surface area (TPSA) is 41.5 Å². The fourth-order valence-corrected chi connectivity index (χ4v) is 2.25. The monoisotopic (exact) mass is 235 g/mol. The Morgan fingerprint density at radius 3 is 2.88 bits per heavy atom. The van der Waals surface area contributed by atoms with Crippen molar-refractivity contribution in [1.29, 1.82) is 0 Å². The van der Waals surface area contributed by atoms with E-state index in [0.717, 1.165) is 25.3 Å². The van der Waals surface area contributed by atoms with Gasteiger partial charge < -0.3 is 15.2 Å². The normalized spacial score (nSPS) is 16.5. The molecule has 1 aromatic rings. The van der Waals surface area contributed by atoms with E-state index in [4.69, 9.17) is 4.74 Å². The number of hydrogen-bond donors (Lipinski definition) is 2. The van der Waals surface area contributed by atoms with Gasteiger partial charge in [0, 0.05) is 13.1 Å². The molecule has 0 aliphatic heterocycles. The molecule has 0 unspecified atom stereocenters. The SMILES string of the molecule is Oc1cccc(CNCCOC2CCCC2)c1. The highest BCUT2D eigenvalue weighted by atomic mass is 16.5. The van der Waals surface area contributed by atoms with Gasteiger partial charge in [0.1, 0.15) is 5.75 Å². The maximum atomic E-state index is 9.31. The number of hydrogen-bond acceptors (Lipinski definition) is 3. The summed E-state index contributed by atoms with van der Waals surface area (Å²) in [5, 5.41) is 12.6. The molecule has 0 atom stereocenters. The third-order valence-corrected chi connectivity index (χ3v) is 3.17. The third kappa shape index (κ3) is 4.36. The molecule has 1 aliphatic rings. The minimum atomic E-state index is 0.325. The molecule has 1 fully saturated rings. The van der Waals surface area contributed by atoms with Crippen molar-refractivity contribution in [2.75, 3.05) is 13.2 Å². The fourth-order valence-electron chi connectivity index (χ4n) is 2.25. The summed E-state index contributed by atoms with van der Waals surface area (Å²) in [7, 11) is 0. The van der Waals surface area contributed by atoms with Crippen molar-refractivity contribution in [3.63, 3.8) is 0 Å². The molecule has 0 amide bonds. The largest absolute Gasteiger partial charge is 0.508 e. The first-order valence-electron chi connectivity index (χ1n) is 6.45. The molecule has 2 N–H and O–H groups in total. The molecule has 0 bridgehead atoms. The van der Waals surface area contributed by atoms with Crippen LogP contribution in [0, 0.1) is 0 Å². The summed E-state index contributed by atoms with van der Waals surface area (Å²) in [6, 6.07) is 7.34. The summed E-state index contributed by atoms with van der Waals surface area (Å²) < 4.78 is 5.75. The van der Waals surface area contributed by atoms with Crippen molar-refractivity contribution in [1.82, 2.24) is 5.32 Å². The predicted octanol–water partition coefficient (Wildman–Crippen LogP) is 2.44. The molecule has 3 nitrogen and oxygen atoms in total. The lowest BCUT2D eigenvalue weighted by Gasteiger charge is -2.11. The van der Waals surface area contributed by atoms with E-state index in [-0.39, 0.29) is 0 Å². The first-order chi connectivity index (χ1) is 8.34. The Labute approximate surface area is 103 Å². The molecule has 0 aromatic heterocycles. The predicted molar refractivity (Wildman–Crippen MR) is 68.0 cm³/mol.